The smallest absolute Gasteiger partial charge is 0.195 e. The van der Waals surface area contributed by atoms with Gasteiger partial charge >= 0.3 is 0 Å². The molecule has 2 nitrogen and oxygen atoms in total. The summed E-state index contributed by atoms with van der Waals surface area (Å²) in [6.07, 6.45) is 3.65. The van der Waals surface area contributed by atoms with Crippen molar-refractivity contribution in [1.82, 2.24) is 4.98 Å². The number of rotatable bonds is 3. The number of hydrogen-bond acceptors (Lipinski definition) is 2. The quantitative estimate of drug-likeness (QED) is 0.704. The van der Waals surface area contributed by atoms with Gasteiger partial charge in [0.1, 0.15) is 0 Å². The predicted molar refractivity (Wildman–Crippen MR) is 74.0 cm³/mol. The van der Waals surface area contributed by atoms with Crippen LogP contribution in [0.15, 0.2) is 60.2 Å². The van der Waals surface area contributed by atoms with Crippen molar-refractivity contribution < 1.29 is 4.79 Å². The molecule has 2 aromatic heterocycles. The van der Waals surface area contributed by atoms with E-state index in [4.69, 9.17) is 0 Å². The molecule has 0 amide bonds. The number of carbonyl (C=O) groups excluding carboxylic acids is 1. The molecule has 0 atom stereocenters. The third-order valence-corrected chi connectivity index (χ3v) is 3.72. The molecule has 1 N–H and O–H groups in total. The van der Waals surface area contributed by atoms with Gasteiger partial charge < -0.3 is 4.98 Å². The van der Waals surface area contributed by atoms with Crippen molar-refractivity contribution in [2.75, 3.05) is 0 Å². The first kappa shape index (κ1) is 11.0. The van der Waals surface area contributed by atoms with Crippen LogP contribution in [0.5, 0.6) is 0 Å². The molecule has 0 unspecified atom stereocenters. The summed E-state index contributed by atoms with van der Waals surface area (Å²) in [5.74, 6) is 0.0558. The Labute approximate surface area is 109 Å². The van der Waals surface area contributed by atoms with Gasteiger partial charge in [-0.1, -0.05) is 36.4 Å². The van der Waals surface area contributed by atoms with E-state index in [1.807, 2.05) is 54.0 Å². The molecule has 0 bridgehead atoms. The van der Waals surface area contributed by atoms with Gasteiger partial charge in [0.15, 0.2) is 5.78 Å². The number of aromatic amines is 1. The highest BCUT2D eigenvalue weighted by molar-refractivity contribution is 7.13. The minimum absolute atomic E-state index is 0.0558. The van der Waals surface area contributed by atoms with Crippen LogP contribution in [0.4, 0.5) is 0 Å². The van der Waals surface area contributed by atoms with Crippen LogP contribution in [-0.2, 0) is 0 Å². The number of aromatic nitrogens is 1. The van der Waals surface area contributed by atoms with Gasteiger partial charge in [0.2, 0.25) is 0 Å². The molecule has 3 aromatic rings. The predicted octanol–water partition coefficient (Wildman–Crippen LogP) is 3.97. The van der Waals surface area contributed by atoms with Gasteiger partial charge in [0, 0.05) is 34.0 Å². The molecule has 0 radical (unpaired) electrons. The zero-order chi connectivity index (χ0) is 12.4. The standard InChI is InChI=1S/C15H11NOS/c17-15(11-5-2-1-3-6-11)13-10-16-9-12(13)14-7-4-8-18-14/h1-10,16H. The molecule has 3 heteroatoms. The van der Waals surface area contributed by atoms with Crippen molar-refractivity contribution in [3.63, 3.8) is 0 Å². The number of benzene rings is 1. The van der Waals surface area contributed by atoms with Gasteiger partial charge in [-0.05, 0) is 11.4 Å². The molecule has 3 rings (SSSR count). The molecule has 18 heavy (non-hydrogen) atoms. The first-order valence-electron chi connectivity index (χ1n) is 5.66. The fourth-order valence-electron chi connectivity index (χ4n) is 1.93. The molecule has 88 valence electrons. The summed E-state index contributed by atoms with van der Waals surface area (Å²) in [6, 6.07) is 13.4. The van der Waals surface area contributed by atoms with Crippen LogP contribution in [-0.4, -0.2) is 10.8 Å². The Morgan fingerprint density at radius 3 is 2.56 bits per heavy atom. The van der Waals surface area contributed by atoms with Crippen molar-refractivity contribution >= 4 is 17.1 Å². The largest absolute Gasteiger partial charge is 0.366 e. The number of ketones is 1. The number of carbonyl (C=O) groups is 1. The van der Waals surface area contributed by atoms with E-state index in [9.17, 15) is 4.79 Å². The Kier molecular flexibility index (Phi) is 2.82. The third kappa shape index (κ3) is 1.89. The number of hydrogen-bond donors (Lipinski definition) is 1. The molecule has 0 aliphatic heterocycles. The highest BCUT2D eigenvalue weighted by Gasteiger charge is 2.15. The number of nitrogens with one attached hydrogen (secondary N) is 1. The number of thiophene rings is 1. The topological polar surface area (TPSA) is 32.9 Å². The zero-order valence-corrected chi connectivity index (χ0v) is 10.4. The number of H-pyrrole nitrogens is 1. The summed E-state index contributed by atoms with van der Waals surface area (Å²) >= 11 is 1.64. The minimum Gasteiger partial charge on any atom is -0.366 e. The summed E-state index contributed by atoms with van der Waals surface area (Å²) in [5.41, 5.74) is 2.41. The van der Waals surface area contributed by atoms with Crippen molar-refractivity contribution in [3.05, 3.63) is 71.4 Å². The van der Waals surface area contributed by atoms with E-state index in [-0.39, 0.29) is 5.78 Å². The summed E-state index contributed by atoms with van der Waals surface area (Å²) in [5, 5.41) is 2.01. The van der Waals surface area contributed by atoms with Gasteiger partial charge in [0.25, 0.3) is 0 Å². The molecule has 0 saturated heterocycles. The lowest BCUT2D eigenvalue weighted by Crippen LogP contribution is -2.00. The lowest BCUT2D eigenvalue weighted by atomic mass is 10.0. The molecule has 0 fully saturated rings. The van der Waals surface area contributed by atoms with Crippen LogP contribution in [0.3, 0.4) is 0 Å². The summed E-state index contributed by atoms with van der Waals surface area (Å²) < 4.78 is 0. The van der Waals surface area contributed by atoms with Gasteiger partial charge in [0.05, 0.1) is 0 Å². The lowest BCUT2D eigenvalue weighted by Gasteiger charge is -2.01. The Bertz CT molecular complexity index is 653. The van der Waals surface area contributed by atoms with Gasteiger partial charge in [-0.25, -0.2) is 0 Å². The van der Waals surface area contributed by atoms with E-state index < -0.39 is 0 Å². The van der Waals surface area contributed by atoms with Gasteiger partial charge in [-0.3, -0.25) is 4.79 Å². The first-order chi connectivity index (χ1) is 8.86. The van der Waals surface area contributed by atoms with Crippen LogP contribution in [0.25, 0.3) is 10.4 Å². The molecule has 0 aliphatic rings. The van der Waals surface area contributed by atoms with E-state index in [0.29, 0.717) is 0 Å². The van der Waals surface area contributed by atoms with Gasteiger partial charge in [-0.15, -0.1) is 11.3 Å². The summed E-state index contributed by atoms with van der Waals surface area (Å²) in [4.78, 5) is 16.5. The van der Waals surface area contributed by atoms with E-state index in [1.54, 1.807) is 17.5 Å². The SMILES string of the molecule is O=C(c1ccccc1)c1c[nH]cc1-c1cccs1. The maximum absolute atomic E-state index is 12.4. The van der Waals surface area contributed by atoms with Crippen LogP contribution >= 0.6 is 11.3 Å². The van der Waals surface area contributed by atoms with Crippen molar-refractivity contribution in [1.29, 1.82) is 0 Å². The maximum Gasteiger partial charge on any atom is 0.195 e. The second-order valence-electron chi connectivity index (χ2n) is 3.96. The summed E-state index contributed by atoms with van der Waals surface area (Å²) in [6.45, 7) is 0. The van der Waals surface area contributed by atoms with Crippen LogP contribution in [0.2, 0.25) is 0 Å². The molecule has 0 aliphatic carbocycles. The molecular weight excluding hydrogens is 242 g/mol. The Hall–Kier alpha value is -2.13. The minimum atomic E-state index is 0.0558. The first-order valence-corrected chi connectivity index (χ1v) is 6.54. The second-order valence-corrected chi connectivity index (χ2v) is 4.90. The molecule has 0 spiro atoms. The summed E-state index contributed by atoms with van der Waals surface area (Å²) in [7, 11) is 0. The van der Waals surface area contributed by atoms with E-state index >= 15 is 0 Å². The fourth-order valence-corrected chi connectivity index (χ4v) is 2.69. The van der Waals surface area contributed by atoms with Crippen LogP contribution in [0, 0.1) is 0 Å². The van der Waals surface area contributed by atoms with E-state index in [1.165, 1.54) is 0 Å². The van der Waals surface area contributed by atoms with Crippen LogP contribution in [0.1, 0.15) is 15.9 Å². The Morgan fingerprint density at radius 2 is 1.83 bits per heavy atom. The monoisotopic (exact) mass is 253 g/mol. The lowest BCUT2D eigenvalue weighted by molar-refractivity contribution is 0.103. The third-order valence-electron chi connectivity index (χ3n) is 2.81. The highest BCUT2D eigenvalue weighted by atomic mass is 32.1. The molecule has 0 saturated carbocycles. The fraction of sp³-hybridized carbons (Fsp3) is 0. The highest BCUT2D eigenvalue weighted by Crippen LogP contribution is 2.29. The van der Waals surface area contributed by atoms with Crippen LogP contribution < -0.4 is 0 Å². The molecular formula is C15H11NOS. The van der Waals surface area contributed by atoms with E-state index in [0.717, 1.165) is 21.6 Å². The van der Waals surface area contributed by atoms with E-state index in [2.05, 4.69) is 4.98 Å². The zero-order valence-electron chi connectivity index (χ0n) is 9.59. The van der Waals surface area contributed by atoms with Crippen molar-refractivity contribution in [2.45, 2.75) is 0 Å². The van der Waals surface area contributed by atoms with Crippen molar-refractivity contribution in [3.8, 4) is 10.4 Å². The van der Waals surface area contributed by atoms with Gasteiger partial charge in [-0.2, -0.15) is 0 Å². The maximum atomic E-state index is 12.4. The Balaban J connectivity index is 2.04. The molecule has 1 aromatic carbocycles. The second kappa shape index (κ2) is 4.63. The normalized spacial score (nSPS) is 10.4. The average molecular weight is 253 g/mol. The van der Waals surface area contributed by atoms with Crippen molar-refractivity contribution in [2.24, 2.45) is 0 Å². The molecule has 2 heterocycles. The average Bonchev–Trinajstić information content (AvgIpc) is 3.09. The Morgan fingerprint density at radius 1 is 1.00 bits per heavy atom.